The standard InChI is InChI=1S/C22H29FN4.2H2/c23-21-15-26-22(27-18-6-4-2-1-3-5-7-18)11-20(21)17-10-19(14-24-13-17)25-12-16-8-9-16;;/h10-11,13-16,18,25H,1-9,12H2,(H,26,27);2*1H. The summed E-state index contributed by atoms with van der Waals surface area (Å²) in [7, 11) is 0. The van der Waals surface area contributed by atoms with Crippen LogP contribution in [-0.2, 0) is 0 Å². The third-order valence-electron chi connectivity index (χ3n) is 5.65. The summed E-state index contributed by atoms with van der Waals surface area (Å²) in [6.07, 6.45) is 16.3. The lowest BCUT2D eigenvalue weighted by Gasteiger charge is -2.22. The molecule has 0 bridgehead atoms. The predicted molar refractivity (Wildman–Crippen MR) is 113 cm³/mol. The number of halogens is 1. The summed E-state index contributed by atoms with van der Waals surface area (Å²) in [6, 6.07) is 4.24. The quantitative estimate of drug-likeness (QED) is 0.641. The van der Waals surface area contributed by atoms with Crippen LogP contribution in [0.5, 0.6) is 0 Å². The van der Waals surface area contributed by atoms with E-state index in [4.69, 9.17) is 0 Å². The van der Waals surface area contributed by atoms with Crippen LogP contribution in [0.3, 0.4) is 0 Å². The van der Waals surface area contributed by atoms with Crippen molar-refractivity contribution < 1.29 is 7.24 Å². The minimum atomic E-state index is -0.306. The zero-order valence-corrected chi connectivity index (χ0v) is 15.9. The van der Waals surface area contributed by atoms with Crippen LogP contribution in [-0.4, -0.2) is 22.6 Å². The summed E-state index contributed by atoms with van der Waals surface area (Å²) in [5.74, 6) is 1.23. The SMILES string of the molecule is Fc1cnc(NC2CCCCCCC2)cc1-c1cncc(NCC2CC2)c1.[HH].[HH]. The second-order valence-corrected chi connectivity index (χ2v) is 8.02. The average molecular weight is 373 g/mol. The molecule has 4 rings (SSSR count). The molecule has 5 heteroatoms. The molecule has 0 unspecified atom stereocenters. The summed E-state index contributed by atoms with van der Waals surface area (Å²) in [6.45, 7) is 0.971. The maximum atomic E-state index is 14.5. The Balaban J connectivity index is 0.00000150. The molecule has 2 aromatic heterocycles. The average Bonchev–Trinajstić information content (AvgIpc) is 3.48. The van der Waals surface area contributed by atoms with Gasteiger partial charge in [0.05, 0.1) is 11.9 Å². The molecule has 0 spiro atoms. The van der Waals surface area contributed by atoms with Gasteiger partial charge in [0.2, 0.25) is 0 Å². The second kappa shape index (κ2) is 8.68. The first kappa shape index (κ1) is 18.2. The summed E-state index contributed by atoms with van der Waals surface area (Å²) >= 11 is 0. The van der Waals surface area contributed by atoms with Crippen LogP contribution in [0.2, 0.25) is 0 Å². The normalized spacial score (nSPS) is 18.6. The number of nitrogens with zero attached hydrogens (tertiary/aromatic N) is 2. The van der Waals surface area contributed by atoms with Gasteiger partial charge in [-0.3, -0.25) is 4.98 Å². The largest absolute Gasteiger partial charge is 0.384 e. The van der Waals surface area contributed by atoms with Crippen molar-refractivity contribution in [2.45, 2.75) is 63.8 Å². The zero-order chi connectivity index (χ0) is 18.5. The predicted octanol–water partition coefficient (Wildman–Crippen LogP) is 6.12. The number of aromatic nitrogens is 2. The van der Waals surface area contributed by atoms with Crippen LogP contribution >= 0.6 is 0 Å². The van der Waals surface area contributed by atoms with Gasteiger partial charge in [0, 0.05) is 39.0 Å². The molecule has 2 fully saturated rings. The maximum absolute atomic E-state index is 14.5. The van der Waals surface area contributed by atoms with Gasteiger partial charge in [-0.25, -0.2) is 9.37 Å². The molecule has 0 atom stereocenters. The Morgan fingerprint density at radius 3 is 2.52 bits per heavy atom. The highest BCUT2D eigenvalue weighted by molar-refractivity contribution is 5.69. The van der Waals surface area contributed by atoms with E-state index < -0.39 is 0 Å². The number of hydrogen-bond acceptors (Lipinski definition) is 4. The lowest BCUT2D eigenvalue weighted by atomic mass is 9.96. The van der Waals surface area contributed by atoms with E-state index in [-0.39, 0.29) is 8.67 Å². The maximum Gasteiger partial charge on any atom is 0.149 e. The van der Waals surface area contributed by atoms with Crippen molar-refractivity contribution in [1.29, 1.82) is 0 Å². The first-order chi connectivity index (χ1) is 13.3. The van der Waals surface area contributed by atoms with E-state index in [9.17, 15) is 4.39 Å². The summed E-state index contributed by atoms with van der Waals surface area (Å²) in [5.41, 5.74) is 2.29. The molecule has 148 valence electrons. The molecule has 0 aromatic carbocycles. The Kier molecular flexibility index (Phi) is 5.85. The highest BCUT2D eigenvalue weighted by Gasteiger charge is 2.20. The van der Waals surface area contributed by atoms with Crippen molar-refractivity contribution in [2.24, 2.45) is 5.92 Å². The van der Waals surface area contributed by atoms with E-state index in [1.807, 2.05) is 12.1 Å². The number of nitrogens with one attached hydrogen (secondary N) is 2. The second-order valence-electron chi connectivity index (χ2n) is 8.02. The van der Waals surface area contributed by atoms with E-state index >= 15 is 0 Å². The van der Waals surface area contributed by atoms with Gasteiger partial charge < -0.3 is 10.6 Å². The fourth-order valence-corrected chi connectivity index (χ4v) is 3.82. The molecule has 2 aliphatic rings. The van der Waals surface area contributed by atoms with Crippen LogP contribution in [0.1, 0.15) is 60.6 Å². The van der Waals surface area contributed by atoms with Crippen LogP contribution < -0.4 is 10.6 Å². The van der Waals surface area contributed by atoms with E-state index in [0.29, 0.717) is 11.6 Å². The van der Waals surface area contributed by atoms with Gasteiger partial charge >= 0.3 is 0 Å². The molecule has 2 aromatic rings. The minimum absolute atomic E-state index is 0. The molecule has 0 radical (unpaired) electrons. The van der Waals surface area contributed by atoms with Crippen LogP contribution in [0, 0.1) is 11.7 Å². The van der Waals surface area contributed by atoms with Gasteiger partial charge in [-0.1, -0.05) is 32.1 Å². The lowest BCUT2D eigenvalue weighted by molar-refractivity contribution is 0.470. The van der Waals surface area contributed by atoms with Gasteiger partial charge in [-0.05, 0) is 43.7 Å². The molecule has 2 heterocycles. The highest BCUT2D eigenvalue weighted by Crippen LogP contribution is 2.30. The number of rotatable bonds is 6. The molecule has 0 amide bonds. The fraction of sp³-hybridized carbons (Fsp3) is 0.545. The molecule has 27 heavy (non-hydrogen) atoms. The Morgan fingerprint density at radius 2 is 1.74 bits per heavy atom. The minimum Gasteiger partial charge on any atom is -0.384 e. The lowest BCUT2D eigenvalue weighted by Crippen LogP contribution is -2.21. The Hall–Kier alpha value is -2.17. The van der Waals surface area contributed by atoms with Crippen molar-refractivity contribution in [2.75, 3.05) is 17.2 Å². The monoisotopic (exact) mass is 372 g/mol. The van der Waals surface area contributed by atoms with Crippen molar-refractivity contribution >= 4 is 11.5 Å². The smallest absolute Gasteiger partial charge is 0.149 e. The molecule has 4 nitrogen and oxygen atoms in total. The topological polar surface area (TPSA) is 49.8 Å². The molecule has 0 aliphatic heterocycles. The fourth-order valence-electron chi connectivity index (χ4n) is 3.82. The van der Waals surface area contributed by atoms with E-state index in [1.165, 1.54) is 51.1 Å². The molecule has 2 saturated carbocycles. The van der Waals surface area contributed by atoms with Crippen LogP contribution in [0.15, 0.2) is 30.7 Å². The Morgan fingerprint density at radius 1 is 0.963 bits per heavy atom. The summed E-state index contributed by atoms with van der Waals surface area (Å²) in [5, 5.41) is 6.95. The van der Waals surface area contributed by atoms with Crippen LogP contribution in [0.4, 0.5) is 15.9 Å². The van der Waals surface area contributed by atoms with Crippen LogP contribution in [0.25, 0.3) is 11.1 Å². The first-order valence-electron chi connectivity index (χ1n) is 10.4. The molecule has 2 N–H and O–H groups in total. The number of hydrogen-bond donors (Lipinski definition) is 2. The third kappa shape index (κ3) is 5.18. The zero-order valence-electron chi connectivity index (χ0n) is 15.9. The Bertz CT molecular complexity index is 762. The number of pyridine rings is 2. The van der Waals surface area contributed by atoms with Gasteiger partial charge in [-0.15, -0.1) is 0 Å². The van der Waals surface area contributed by atoms with E-state index in [0.717, 1.165) is 42.4 Å². The molecule has 0 saturated heterocycles. The van der Waals surface area contributed by atoms with Crippen molar-refractivity contribution in [3.63, 3.8) is 0 Å². The Labute approximate surface area is 164 Å². The molecule has 2 aliphatic carbocycles. The molecular formula is C22H33FN4. The summed E-state index contributed by atoms with van der Waals surface area (Å²) in [4.78, 5) is 8.58. The van der Waals surface area contributed by atoms with E-state index in [2.05, 4.69) is 20.6 Å². The van der Waals surface area contributed by atoms with Gasteiger partial charge in [0.1, 0.15) is 11.6 Å². The number of anilines is 2. The van der Waals surface area contributed by atoms with Gasteiger partial charge in [0.25, 0.3) is 0 Å². The summed E-state index contributed by atoms with van der Waals surface area (Å²) < 4.78 is 14.5. The van der Waals surface area contributed by atoms with E-state index in [1.54, 1.807) is 12.4 Å². The first-order valence-corrected chi connectivity index (χ1v) is 10.4. The van der Waals surface area contributed by atoms with Gasteiger partial charge in [-0.2, -0.15) is 0 Å². The van der Waals surface area contributed by atoms with Gasteiger partial charge in [0.15, 0.2) is 0 Å². The van der Waals surface area contributed by atoms with Crippen molar-refractivity contribution in [3.05, 3.63) is 36.5 Å². The van der Waals surface area contributed by atoms with Crippen molar-refractivity contribution in [1.82, 2.24) is 9.97 Å². The highest BCUT2D eigenvalue weighted by atomic mass is 19.1. The van der Waals surface area contributed by atoms with Crippen molar-refractivity contribution in [3.8, 4) is 11.1 Å². The third-order valence-corrected chi connectivity index (χ3v) is 5.65. The molecular weight excluding hydrogens is 339 g/mol.